The summed E-state index contributed by atoms with van der Waals surface area (Å²) in [5.74, 6) is -0.0272. The van der Waals surface area contributed by atoms with E-state index < -0.39 is 0 Å². The van der Waals surface area contributed by atoms with Crippen LogP contribution in [0.5, 0.6) is 0 Å². The maximum Gasteiger partial charge on any atom is 0.177 e. The first-order valence-corrected chi connectivity index (χ1v) is 3.04. The van der Waals surface area contributed by atoms with Crippen molar-refractivity contribution in [2.75, 3.05) is 0 Å². The Hall–Kier alpha value is -1.18. The van der Waals surface area contributed by atoms with Crippen molar-refractivity contribution in [3.05, 3.63) is 24.4 Å². The lowest BCUT2D eigenvalue weighted by Crippen LogP contribution is -1.92. The van der Waals surface area contributed by atoms with Crippen LogP contribution in [-0.4, -0.2) is 12.0 Å². The molecule has 2 heteroatoms. The van der Waals surface area contributed by atoms with Crippen LogP contribution in [0.3, 0.4) is 0 Å². The molecule has 0 bridgehead atoms. The molecule has 2 nitrogen and oxygen atoms in total. The molecule has 0 saturated carbocycles. The van der Waals surface area contributed by atoms with Crippen molar-refractivity contribution in [3.63, 3.8) is 0 Å². The molecular formula is C8H11NO. The first-order valence-electron chi connectivity index (χ1n) is 3.04. The van der Waals surface area contributed by atoms with Crippen LogP contribution in [0.15, 0.2) is 29.4 Å². The van der Waals surface area contributed by atoms with Crippen LogP contribution < -0.4 is 0 Å². The van der Waals surface area contributed by atoms with Crippen LogP contribution in [0.1, 0.15) is 13.8 Å². The lowest BCUT2D eigenvalue weighted by atomic mass is 10.3. The molecule has 10 heavy (non-hydrogen) atoms. The fourth-order valence-electron chi connectivity index (χ4n) is 0.502. The molecule has 0 spiro atoms. The molecule has 0 unspecified atom stereocenters. The average molecular weight is 137 g/mol. The average Bonchev–Trinajstić information content (AvgIpc) is 1.89. The Labute approximate surface area is 61.0 Å². The molecule has 0 aromatic heterocycles. The number of hydrogen-bond acceptors (Lipinski definition) is 2. The molecule has 0 aromatic carbocycles. The number of aliphatic imine (C=N–C) groups is 1. The molecule has 0 rings (SSSR count). The van der Waals surface area contributed by atoms with Crippen LogP contribution in [-0.2, 0) is 4.79 Å². The van der Waals surface area contributed by atoms with E-state index in [0.717, 1.165) is 0 Å². The third-order valence-electron chi connectivity index (χ3n) is 0.953. The van der Waals surface area contributed by atoms with Gasteiger partial charge in [0, 0.05) is 13.1 Å². The summed E-state index contributed by atoms with van der Waals surface area (Å²) in [7, 11) is 0. The second-order valence-corrected chi connectivity index (χ2v) is 1.74. The lowest BCUT2D eigenvalue weighted by molar-refractivity contribution is -0.113. The molecule has 0 heterocycles. The molecule has 0 N–H and O–H groups in total. The van der Waals surface area contributed by atoms with E-state index in [-0.39, 0.29) is 5.78 Å². The Kier molecular flexibility index (Phi) is 4.12. The Morgan fingerprint density at radius 1 is 1.60 bits per heavy atom. The van der Waals surface area contributed by atoms with Gasteiger partial charge < -0.3 is 0 Å². The highest BCUT2D eigenvalue weighted by Gasteiger charge is 1.95. The SMILES string of the molecule is C=CC=N/C(=C\C)C(C)=O. The van der Waals surface area contributed by atoms with Crippen molar-refractivity contribution in [1.29, 1.82) is 0 Å². The summed E-state index contributed by atoms with van der Waals surface area (Å²) in [6.07, 6.45) is 4.70. The van der Waals surface area contributed by atoms with Crippen molar-refractivity contribution >= 4 is 12.0 Å². The zero-order valence-corrected chi connectivity index (χ0v) is 6.29. The highest BCUT2D eigenvalue weighted by atomic mass is 16.1. The van der Waals surface area contributed by atoms with Crippen LogP contribution in [0, 0.1) is 0 Å². The first kappa shape index (κ1) is 8.82. The Bertz CT molecular complexity index is 189. The first-order chi connectivity index (χ1) is 4.72. The third kappa shape index (κ3) is 2.97. The number of Topliss-reactive ketones (excluding diaryl/α,β-unsaturated/α-hetero) is 1. The molecule has 54 valence electrons. The number of rotatable bonds is 3. The Balaban J connectivity index is 4.25. The Morgan fingerprint density at radius 3 is 2.50 bits per heavy atom. The van der Waals surface area contributed by atoms with E-state index in [1.807, 2.05) is 0 Å². The van der Waals surface area contributed by atoms with Gasteiger partial charge in [-0.25, -0.2) is 0 Å². The van der Waals surface area contributed by atoms with Gasteiger partial charge in [-0.3, -0.25) is 9.79 Å². The van der Waals surface area contributed by atoms with Gasteiger partial charge in [0.1, 0.15) is 5.70 Å². The van der Waals surface area contributed by atoms with E-state index >= 15 is 0 Å². The van der Waals surface area contributed by atoms with Gasteiger partial charge in [0.2, 0.25) is 0 Å². The molecule has 0 aliphatic rings. The lowest BCUT2D eigenvalue weighted by Gasteiger charge is -1.89. The van der Waals surface area contributed by atoms with E-state index in [9.17, 15) is 4.79 Å². The molecule has 0 aliphatic heterocycles. The van der Waals surface area contributed by atoms with Gasteiger partial charge in [0.25, 0.3) is 0 Å². The number of carbonyl (C=O) groups excluding carboxylic acids is 1. The zero-order valence-electron chi connectivity index (χ0n) is 6.29. The highest BCUT2D eigenvalue weighted by Crippen LogP contribution is 1.95. The summed E-state index contributed by atoms with van der Waals surface area (Å²) < 4.78 is 0. The van der Waals surface area contributed by atoms with Gasteiger partial charge in [-0.05, 0) is 6.92 Å². The largest absolute Gasteiger partial charge is 0.293 e. The minimum atomic E-state index is -0.0272. The van der Waals surface area contributed by atoms with E-state index in [1.54, 1.807) is 13.0 Å². The predicted molar refractivity (Wildman–Crippen MR) is 43.1 cm³/mol. The zero-order chi connectivity index (χ0) is 7.98. The highest BCUT2D eigenvalue weighted by molar-refractivity contribution is 5.94. The maximum absolute atomic E-state index is 10.7. The number of carbonyl (C=O) groups is 1. The number of allylic oxidation sites excluding steroid dienone is 3. The molecule has 0 aliphatic carbocycles. The maximum atomic E-state index is 10.7. The van der Waals surface area contributed by atoms with Crippen LogP contribution in [0.25, 0.3) is 0 Å². The quantitative estimate of drug-likeness (QED) is 0.430. The van der Waals surface area contributed by atoms with E-state index in [1.165, 1.54) is 19.2 Å². The summed E-state index contributed by atoms with van der Waals surface area (Å²) in [4.78, 5) is 14.5. The van der Waals surface area contributed by atoms with Gasteiger partial charge in [0.05, 0.1) is 0 Å². The fraction of sp³-hybridized carbons (Fsp3) is 0.250. The smallest absolute Gasteiger partial charge is 0.177 e. The van der Waals surface area contributed by atoms with Gasteiger partial charge in [-0.2, -0.15) is 0 Å². The summed E-state index contributed by atoms with van der Waals surface area (Å²) >= 11 is 0. The predicted octanol–water partition coefficient (Wildman–Crippen LogP) is 1.74. The van der Waals surface area contributed by atoms with E-state index in [0.29, 0.717) is 5.70 Å². The molecule has 0 fully saturated rings. The van der Waals surface area contributed by atoms with Crippen molar-refractivity contribution < 1.29 is 4.79 Å². The molecule has 0 aromatic rings. The van der Waals surface area contributed by atoms with Crippen LogP contribution in [0.4, 0.5) is 0 Å². The molecular weight excluding hydrogens is 126 g/mol. The summed E-state index contributed by atoms with van der Waals surface area (Å²) in [6.45, 7) is 6.70. The molecule has 0 atom stereocenters. The minimum absolute atomic E-state index is 0.0272. The fourth-order valence-corrected chi connectivity index (χ4v) is 0.502. The summed E-state index contributed by atoms with van der Waals surface area (Å²) in [6, 6.07) is 0. The molecule has 0 amide bonds. The van der Waals surface area contributed by atoms with Gasteiger partial charge in [0.15, 0.2) is 5.78 Å². The molecule has 0 radical (unpaired) electrons. The van der Waals surface area contributed by atoms with Crippen molar-refractivity contribution in [1.82, 2.24) is 0 Å². The van der Waals surface area contributed by atoms with Crippen molar-refractivity contribution in [2.24, 2.45) is 4.99 Å². The van der Waals surface area contributed by atoms with E-state index in [4.69, 9.17) is 0 Å². The van der Waals surface area contributed by atoms with Crippen molar-refractivity contribution in [2.45, 2.75) is 13.8 Å². The normalized spacial score (nSPS) is 12.0. The van der Waals surface area contributed by atoms with Crippen molar-refractivity contribution in [3.8, 4) is 0 Å². The van der Waals surface area contributed by atoms with Gasteiger partial charge >= 0.3 is 0 Å². The minimum Gasteiger partial charge on any atom is -0.293 e. The summed E-state index contributed by atoms with van der Waals surface area (Å²) in [5, 5.41) is 0. The monoisotopic (exact) mass is 137 g/mol. The number of nitrogens with zero attached hydrogens (tertiary/aromatic N) is 1. The third-order valence-corrected chi connectivity index (χ3v) is 0.953. The Morgan fingerprint density at radius 2 is 2.20 bits per heavy atom. The van der Waals surface area contributed by atoms with Gasteiger partial charge in [-0.1, -0.05) is 18.7 Å². The number of hydrogen-bond donors (Lipinski definition) is 0. The summed E-state index contributed by atoms with van der Waals surface area (Å²) in [5.41, 5.74) is 0.472. The van der Waals surface area contributed by atoms with Crippen LogP contribution >= 0.6 is 0 Å². The van der Waals surface area contributed by atoms with Crippen LogP contribution in [0.2, 0.25) is 0 Å². The second-order valence-electron chi connectivity index (χ2n) is 1.74. The van der Waals surface area contributed by atoms with Gasteiger partial charge in [-0.15, -0.1) is 0 Å². The standard InChI is InChI=1S/C8H11NO/c1-4-6-9-8(5-2)7(3)10/h4-6H,1H2,2-3H3/b8-5-,9-6?. The second kappa shape index (κ2) is 4.68. The molecule has 0 saturated heterocycles. The van der Waals surface area contributed by atoms with E-state index in [2.05, 4.69) is 11.6 Å². The topological polar surface area (TPSA) is 29.4 Å². The number of ketones is 1.